The summed E-state index contributed by atoms with van der Waals surface area (Å²) in [6, 6.07) is 19.4. The van der Waals surface area contributed by atoms with E-state index in [0.29, 0.717) is 10.9 Å². The van der Waals surface area contributed by atoms with E-state index in [1.807, 2.05) is 67.6 Å². The number of nitrogens with one attached hydrogen (secondary N) is 2. The summed E-state index contributed by atoms with van der Waals surface area (Å²) in [6.45, 7) is 2.04. The van der Waals surface area contributed by atoms with Crippen molar-refractivity contribution in [3.05, 3.63) is 60.7 Å². The van der Waals surface area contributed by atoms with Crippen LogP contribution in [0.2, 0.25) is 0 Å². The van der Waals surface area contributed by atoms with Gasteiger partial charge in [-0.05, 0) is 30.0 Å². The second kappa shape index (κ2) is 8.74. The minimum absolute atomic E-state index is 0.346. The van der Waals surface area contributed by atoms with Gasteiger partial charge in [0, 0.05) is 0 Å². The van der Waals surface area contributed by atoms with Crippen molar-refractivity contribution in [2.45, 2.75) is 6.92 Å². The summed E-state index contributed by atoms with van der Waals surface area (Å²) in [4.78, 5) is 0. The average Bonchev–Trinajstić information content (AvgIpc) is 2.58. The first-order valence-corrected chi connectivity index (χ1v) is 7.94. The van der Waals surface area contributed by atoms with Crippen LogP contribution < -0.4 is 16.6 Å². The highest BCUT2D eigenvalue weighted by Crippen LogP contribution is 2.09. The van der Waals surface area contributed by atoms with Crippen molar-refractivity contribution in [2.24, 2.45) is 15.9 Å². The fourth-order valence-electron chi connectivity index (χ4n) is 1.61. The molecule has 0 atom stereocenters. The van der Waals surface area contributed by atoms with Crippen molar-refractivity contribution in [2.75, 3.05) is 16.6 Å². The van der Waals surface area contributed by atoms with Crippen molar-refractivity contribution in [3.8, 4) is 0 Å². The summed E-state index contributed by atoms with van der Waals surface area (Å²) in [6.07, 6.45) is 0. The first kappa shape index (κ1) is 15.9. The first-order valence-electron chi connectivity index (χ1n) is 6.95. The lowest BCUT2D eigenvalue weighted by Gasteiger charge is -2.07. The Labute approximate surface area is 134 Å². The summed E-state index contributed by atoms with van der Waals surface area (Å²) in [5.74, 6) is 1.20. The quantitative estimate of drug-likeness (QED) is 0.448. The maximum absolute atomic E-state index is 6.01. The lowest BCUT2D eigenvalue weighted by atomic mass is 10.3. The van der Waals surface area contributed by atoms with Crippen molar-refractivity contribution in [1.29, 1.82) is 0 Å². The summed E-state index contributed by atoms with van der Waals surface area (Å²) in [5.41, 5.74) is 13.7. The Kier molecular flexibility index (Phi) is 6.32. The van der Waals surface area contributed by atoms with E-state index < -0.39 is 0 Å². The van der Waals surface area contributed by atoms with Crippen molar-refractivity contribution < 1.29 is 0 Å². The second-order valence-corrected chi connectivity index (χ2v) is 5.56. The molecule has 22 heavy (non-hydrogen) atoms. The number of rotatable bonds is 5. The van der Waals surface area contributed by atoms with E-state index in [1.54, 1.807) is 0 Å². The largest absolute Gasteiger partial charge is 0.380 e. The highest BCUT2D eigenvalue weighted by molar-refractivity contribution is 8.15. The van der Waals surface area contributed by atoms with Gasteiger partial charge >= 0.3 is 0 Å². The molecule has 4 N–H and O–H groups in total. The van der Waals surface area contributed by atoms with Gasteiger partial charge in [-0.15, -0.1) is 11.8 Å². The molecule has 6 heteroatoms. The van der Waals surface area contributed by atoms with Gasteiger partial charge in [0.15, 0.2) is 10.9 Å². The Balaban J connectivity index is 2.05. The number of nitrogens with two attached hydrogens (primary N) is 1. The summed E-state index contributed by atoms with van der Waals surface area (Å²) >= 11 is 1.53. The van der Waals surface area contributed by atoms with Gasteiger partial charge in [0.05, 0.1) is 11.4 Å². The molecule has 2 rings (SSSR count). The zero-order chi connectivity index (χ0) is 15.6. The second-order valence-electron chi connectivity index (χ2n) is 4.30. The monoisotopic (exact) mass is 313 g/mol. The SMILES string of the molecule is CCSC(=NNc1ccccc1)/C(N)=N\Nc1ccccc1. The fourth-order valence-corrected chi connectivity index (χ4v) is 2.19. The molecule has 0 spiro atoms. The standard InChI is InChI=1S/C16H19N5S/c1-2-22-16(21-19-14-11-7-4-8-12-14)15(17)20-18-13-9-5-3-6-10-13/h3-12,18-19H,2H2,1H3,(H2,17,20). The van der Waals surface area contributed by atoms with Gasteiger partial charge < -0.3 is 5.73 Å². The van der Waals surface area contributed by atoms with Crippen LogP contribution in [0.15, 0.2) is 70.9 Å². The van der Waals surface area contributed by atoms with Crippen LogP contribution in [0.25, 0.3) is 0 Å². The number of hydrogen-bond donors (Lipinski definition) is 3. The minimum atomic E-state index is 0.346. The van der Waals surface area contributed by atoms with Crippen LogP contribution in [-0.4, -0.2) is 16.6 Å². The van der Waals surface area contributed by atoms with E-state index in [1.165, 1.54) is 11.8 Å². The van der Waals surface area contributed by atoms with Gasteiger partial charge in [-0.25, -0.2) is 0 Å². The lowest BCUT2D eigenvalue weighted by molar-refractivity contribution is 1.31. The zero-order valence-corrected chi connectivity index (χ0v) is 13.2. The van der Waals surface area contributed by atoms with Crippen LogP contribution in [0.4, 0.5) is 11.4 Å². The number of thioether (sulfide) groups is 1. The third-order valence-corrected chi connectivity index (χ3v) is 3.50. The van der Waals surface area contributed by atoms with Gasteiger partial charge in [0.1, 0.15) is 0 Å². The molecule has 0 amide bonds. The predicted octanol–water partition coefficient (Wildman–Crippen LogP) is 3.55. The van der Waals surface area contributed by atoms with Crippen LogP contribution >= 0.6 is 11.8 Å². The molecule has 0 aliphatic carbocycles. The van der Waals surface area contributed by atoms with Crippen LogP contribution in [0.1, 0.15) is 6.92 Å². The first-order chi connectivity index (χ1) is 10.8. The third-order valence-electron chi connectivity index (χ3n) is 2.64. The maximum Gasteiger partial charge on any atom is 0.178 e. The molecule has 0 radical (unpaired) electrons. The number of para-hydroxylation sites is 2. The summed E-state index contributed by atoms with van der Waals surface area (Å²) in [7, 11) is 0. The van der Waals surface area contributed by atoms with Gasteiger partial charge in [-0.3, -0.25) is 10.9 Å². The van der Waals surface area contributed by atoms with E-state index in [4.69, 9.17) is 5.73 Å². The molecular weight excluding hydrogens is 294 g/mol. The Morgan fingerprint density at radius 3 is 1.91 bits per heavy atom. The highest BCUT2D eigenvalue weighted by Gasteiger charge is 2.05. The van der Waals surface area contributed by atoms with Crippen LogP contribution in [0.5, 0.6) is 0 Å². The molecule has 114 valence electrons. The Hall–Kier alpha value is -2.47. The number of amidine groups is 1. The molecule has 0 aliphatic heterocycles. The summed E-state index contributed by atoms with van der Waals surface area (Å²) in [5, 5.41) is 9.16. The van der Waals surface area contributed by atoms with E-state index in [2.05, 4.69) is 21.1 Å². The number of nitrogens with zero attached hydrogens (tertiary/aromatic N) is 2. The normalized spacial score (nSPS) is 12.0. The van der Waals surface area contributed by atoms with Crippen LogP contribution in [-0.2, 0) is 0 Å². The predicted molar refractivity (Wildman–Crippen MR) is 97.3 cm³/mol. The number of benzene rings is 2. The van der Waals surface area contributed by atoms with Gasteiger partial charge in [0.25, 0.3) is 0 Å². The number of anilines is 2. The fraction of sp³-hybridized carbons (Fsp3) is 0.125. The van der Waals surface area contributed by atoms with E-state index in [9.17, 15) is 0 Å². The van der Waals surface area contributed by atoms with E-state index in [-0.39, 0.29) is 0 Å². The Morgan fingerprint density at radius 2 is 1.41 bits per heavy atom. The molecule has 5 nitrogen and oxygen atoms in total. The number of hydrazone groups is 2. The zero-order valence-electron chi connectivity index (χ0n) is 12.4. The molecule has 0 saturated heterocycles. The maximum atomic E-state index is 6.01. The third kappa shape index (κ3) is 5.14. The summed E-state index contributed by atoms with van der Waals surface area (Å²) < 4.78 is 0. The Bertz CT molecular complexity index is 625. The average molecular weight is 313 g/mol. The molecule has 0 heterocycles. The van der Waals surface area contributed by atoms with Crippen molar-refractivity contribution in [1.82, 2.24) is 0 Å². The molecule has 0 fully saturated rings. The molecule has 0 aliphatic rings. The van der Waals surface area contributed by atoms with Crippen LogP contribution in [0, 0.1) is 0 Å². The van der Waals surface area contributed by atoms with Crippen LogP contribution in [0.3, 0.4) is 0 Å². The molecule has 0 saturated carbocycles. The van der Waals surface area contributed by atoms with Gasteiger partial charge in [-0.2, -0.15) is 10.2 Å². The van der Waals surface area contributed by atoms with E-state index >= 15 is 0 Å². The molecule has 0 aromatic heterocycles. The Morgan fingerprint density at radius 1 is 0.909 bits per heavy atom. The smallest absolute Gasteiger partial charge is 0.178 e. The molecule has 2 aromatic carbocycles. The molecule has 0 unspecified atom stereocenters. The van der Waals surface area contributed by atoms with Crippen molar-refractivity contribution in [3.63, 3.8) is 0 Å². The van der Waals surface area contributed by atoms with Gasteiger partial charge in [-0.1, -0.05) is 43.3 Å². The molecule has 2 aromatic rings. The van der Waals surface area contributed by atoms with E-state index in [0.717, 1.165) is 17.1 Å². The lowest BCUT2D eigenvalue weighted by Crippen LogP contribution is -2.24. The number of hydrogen-bond acceptors (Lipinski definition) is 5. The minimum Gasteiger partial charge on any atom is -0.380 e. The highest BCUT2D eigenvalue weighted by atomic mass is 32.2. The molecular formula is C16H19N5S. The topological polar surface area (TPSA) is 74.8 Å². The van der Waals surface area contributed by atoms with Crippen molar-refractivity contribution >= 4 is 34.0 Å². The van der Waals surface area contributed by atoms with Gasteiger partial charge in [0.2, 0.25) is 0 Å². The molecule has 0 bridgehead atoms.